The molecular formula is C11H12ClF3N2. The normalized spacial score (nSPS) is 16.0. The number of hydrogen-bond acceptors (Lipinski definition) is 2. The monoisotopic (exact) mass is 264 g/mol. The van der Waals surface area contributed by atoms with Gasteiger partial charge in [0.25, 0.3) is 0 Å². The summed E-state index contributed by atoms with van der Waals surface area (Å²) in [7, 11) is 0. The number of pyridine rings is 1. The molecule has 1 saturated carbocycles. The fourth-order valence-corrected chi connectivity index (χ4v) is 1.90. The van der Waals surface area contributed by atoms with Crippen LogP contribution in [0.3, 0.4) is 0 Å². The van der Waals surface area contributed by atoms with E-state index in [0.717, 1.165) is 25.0 Å². The van der Waals surface area contributed by atoms with E-state index in [2.05, 4.69) is 4.98 Å². The zero-order valence-electron chi connectivity index (χ0n) is 9.04. The Kier molecular flexibility index (Phi) is 3.47. The topological polar surface area (TPSA) is 16.1 Å². The minimum Gasteiger partial charge on any atom is -0.352 e. The van der Waals surface area contributed by atoms with Gasteiger partial charge in [0.15, 0.2) is 0 Å². The van der Waals surface area contributed by atoms with E-state index in [0.29, 0.717) is 24.3 Å². The zero-order valence-corrected chi connectivity index (χ0v) is 9.80. The summed E-state index contributed by atoms with van der Waals surface area (Å²) >= 11 is 5.66. The van der Waals surface area contributed by atoms with Crippen LogP contribution in [-0.4, -0.2) is 23.5 Å². The van der Waals surface area contributed by atoms with E-state index in [1.54, 1.807) is 0 Å². The van der Waals surface area contributed by atoms with E-state index in [-0.39, 0.29) is 0 Å². The summed E-state index contributed by atoms with van der Waals surface area (Å²) in [6.07, 6.45) is -1.14. The Morgan fingerprint density at radius 2 is 2.12 bits per heavy atom. The third-order valence-corrected chi connectivity index (χ3v) is 2.85. The average Bonchev–Trinajstić information content (AvgIpc) is 3.09. The quantitative estimate of drug-likeness (QED) is 0.776. The first-order valence-corrected chi connectivity index (χ1v) is 5.91. The maximum atomic E-state index is 12.6. The fraction of sp³-hybridized carbons (Fsp3) is 0.545. The zero-order chi connectivity index (χ0) is 12.5. The first-order chi connectivity index (χ1) is 8.02. The molecule has 1 heterocycles. The maximum absolute atomic E-state index is 12.6. The lowest BCUT2D eigenvalue weighted by Crippen LogP contribution is -2.29. The SMILES string of the molecule is FC(F)(F)c1ccnc(N(CCCl)C2CC2)c1. The van der Waals surface area contributed by atoms with Crippen LogP contribution in [0.4, 0.5) is 19.0 Å². The minimum atomic E-state index is -4.33. The lowest BCUT2D eigenvalue weighted by Gasteiger charge is -2.23. The largest absolute Gasteiger partial charge is 0.416 e. The molecule has 0 radical (unpaired) electrons. The van der Waals surface area contributed by atoms with Gasteiger partial charge in [-0.15, -0.1) is 11.6 Å². The van der Waals surface area contributed by atoms with E-state index < -0.39 is 11.7 Å². The van der Waals surface area contributed by atoms with Gasteiger partial charge in [0.05, 0.1) is 5.56 Å². The molecule has 1 aromatic heterocycles. The van der Waals surface area contributed by atoms with Crippen LogP contribution in [0.2, 0.25) is 0 Å². The molecule has 0 atom stereocenters. The molecule has 94 valence electrons. The molecule has 0 bridgehead atoms. The highest BCUT2D eigenvalue weighted by Gasteiger charge is 2.33. The summed E-state index contributed by atoms with van der Waals surface area (Å²) in [5, 5.41) is 0. The molecular weight excluding hydrogens is 253 g/mol. The van der Waals surface area contributed by atoms with Crippen molar-refractivity contribution in [2.45, 2.75) is 25.1 Å². The summed E-state index contributed by atoms with van der Waals surface area (Å²) in [5.74, 6) is 0.747. The van der Waals surface area contributed by atoms with Crippen LogP contribution in [0, 0.1) is 0 Å². The Bertz CT molecular complexity index is 391. The number of aromatic nitrogens is 1. The van der Waals surface area contributed by atoms with Gasteiger partial charge in [0.2, 0.25) is 0 Å². The molecule has 0 aromatic carbocycles. The molecule has 0 unspecified atom stereocenters. The van der Waals surface area contributed by atoms with Gasteiger partial charge in [-0.05, 0) is 25.0 Å². The Morgan fingerprint density at radius 1 is 1.41 bits per heavy atom. The highest BCUT2D eigenvalue weighted by atomic mass is 35.5. The van der Waals surface area contributed by atoms with Crippen LogP contribution >= 0.6 is 11.6 Å². The van der Waals surface area contributed by atoms with Crippen LogP contribution in [0.15, 0.2) is 18.3 Å². The van der Waals surface area contributed by atoms with Gasteiger partial charge < -0.3 is 4.90 Å². The van der Waals surface area contributed by atoms with Gasteiger partial charge >= 0.3 is 6.18 Å². The molecule has 1 aliphatic rings. The second-order valence-electron chi connectivity index (χ2n) is 4.01. The van der Waals surface area contributed by atoms with Crippen molar-refractivity contribution in [1.29, 1.82) is 0 Å². The van der Waals surface area contributed by atoms with E-state index >= 15 is 0 Å². The van der Waals surface area contributed by atoms with Crippen LogP contribution in [0.1, 0.15) is 18.4 Å². The van der Waals surface area contributed by atoms with E-state index in [4.69, 9.17) is 11.6 Å². The smallest absolute Gasteiger partial charge is 0.352 e. The van der Waals surface area contributed by atoms with E-state index in [1.165, 1.54) is 6.20 Å². The van der Waals surface area contributed by atoms with Crippen molar-refractivity contribution >= 4 is 17.4 Å². The number of hydrogen-bond donors (Lipinski definition) is 0. The summed E-state index contributed by atoms with van der Waals surface area (Å²) < 4.78 is 37.7. The van der Waals surface area contributed by atoms with Gasteiger partial charge in [-0.2, -0.15) is 13.2 Å². The standard InChI is InChI=1S/C11H12ClF3N2/c12-4-6-17(9-1-2-9)10-7-8(3-5-16-10)11(13,14)15/h3,5,7,9H,1-2,4,6H2. The van der Waals surface area contributed by atoms with Crippen LogP contribution in [-0.2, 0) is 6.18 Å². The summed E-state index contributed by atoms with van der Waals surface area (Å²) in [6, 6.07) is 2.37. The molecule has 0 spiro atoms. The number of rotatable bonds is 4. The molecule has 0 N–H and O–H groups in total. The molecule has 0 saturated heterocycles. The van der Waals surface area contributed by atoms with Crippen LogP contribution in [0.25, 0.3) is 0 Å². The van der Waals surface area contributed by atoms with Crippen molar-refractivity contribution in [3.63, 3.8) is 0 Å². The summed E-state index contributed by atoms with van der Waals surface area (Å²) in [6.45, 7) is 0.528. The molecule has 0 aliphatic heterocycles. The van der Waals surface area contributed by atoms with Crippen molar-refractivity contribution in [3.05, 3.63) is 23.9 Å². The van der Waals surface area contributed by atoms with E-state index in [9.17, 15) is 13.2 Å². The Morgan fingerprint density at radius 3 is 2.65 bits per heavy atom. The lowest BCUT2D eigenvalue weighted by molar-refractivity contribution is -0.137. The van der Waals surface area contributed by atoms with Gasteiger partial charge in [-0.25, -0.2) is 4.98 Å². The number of anilines is 1. The fourth-order valence-electron chi connectivity index (χ4n) is 1.71. The highest BCUT2D eigenvalue weighted by molar-refractivity contribution is 6.18. The van der Waals surface area contributed by atoms with Gasteiger partial charge in [-0.1, -0.05) is 0 Å². The average molecular weight is 265 g/mol. The predicted molar refractivity (Wildman–Crippen MR) is 60.3 cm³/mol. The van der Waals surface area contributed by atoms with Crippen molar-refractivity contribution in [2.24, 2.45) is 0 Å². The first-order valence-electron chi connectivity index (χ1n) is 5.38. The predicted octanol–water partition coefficient (Wildman–Crippen LogP) is 3.31. The molecule has 1 fully saturated rings. The lowest BCUT2D eigenvalue weighted by atomic mass is 10.2. The third-order valence-electron chi connectivity index (χ3n) is 2.68. The Balaban J connectivity index is 2.24. The number of halogens is 4. The van der Waals surface area contributed by atoms with Gasteiger partial charge in [0, 0.05) is 24.7 Å². The second-order valence-corrected chi connectivity index (χ2v) is 4.39. The van der Waals surface area contributed by atoms with Crippen molar-refractivity contribution in [2.75, 3.05) is 17.3 Å². The Hall–Kier alpha value is -0.970. The Labute approximate surface area is 102 Å². The highest BCUT2D eigenvalue weighted by Crippen LogP contribution is 2.34. The van der Waals surface area contributed by atoms with Gasteiger partial charge in [0.1, 0.15) is 5.82 Å². The molecule has 0 amide bonds. The van der Waals surface area contributed by atoms with Crippen LogP contribution < -0.4 is 4.90 Å². The van der Waals surface area contributed by atoms with Crippen molar-refractivity contribution in [3.8, 4) is 0 Å². The first kappa shape index (κ1) is 12.5. The van der Waals surface area contributed by atoms with Crippen molar-refractivity contribution in [1.82, 2.24) is 4.98 Å². The maximum Gasteiger partial charge on any atom is 0.416 e. The molecule has 17 heavy (non-hydrogen) atoms. The molecule has 2 nitrogen and oxygen atoms in total. The van der Waals surface area contributed by atoms with E-state index in [1.807, 2.05) is 4.90 Å². The minimum absolute atomic E-state index is 0.296. The number of alkyl halides is 4. The molecule has 6 heteroatoms. The second kappa shape index (κ2) is 4.72. The molecule has 1 aliphatic carbocycles. The van der Waals surface area contributed by atoms with Gasteiger partial charge in [-0.3, -0.25) is 0 Å². The van der Waals surface area contributed by atoms with Crippen LogP contribution in [0.5, 0.6) is 0 Å². The van der Waals surface area contributed by atoms with Crippen molar-refractivity contribution < 1.29 is 13.2 Å². The number of nitrogens with zero attached hydrogens (tertiary/aromatic N) is 2. The molecule has 2 rings (SSSR count). The third kappa shape index (κ3) is 3.03. The summed E-state index contributed by atoms with van der Waals surface area (Å²) in [4.78, 5) is 5.85. The molecule has 1 aromatic rings. The summed E-state index contributed by atoms with van der Waals surface area (Å²) in [5.41, 5.74) is -0.664.